The van der Waals surface area contributed by atoms with Crippen LogP contribution in [0.5, 0.6) is 0 Å². The first-order valence-electron chi connectivity index (χ1n) is 8.14. The maximum absolute atomic E-state index is 3.51. The van der Waals surface area contributed by atoms with Crippen molar-refractivity contribution in [3.8, 4) is 0 Å². The molecule has 1 fully saturated rings. The molecular formula is C17H30N2S. The Hall–Kier alpha value is -0.380. The zero-order valence-electron chi connectivity index (χ0n) is 13.5. The lowest BCUT2D eigenvalue weighted by Gasteiger charge is -2.27. The van der Waals surface area contributed by atoms with Gasteiger partial charge in [0, 0.05) is 28.9 Å². The molecule has 0 amide bonds. The molecule has 0 aliphatic carbocycles. The SMILES string of the molecule is CCCNCc1cc(CN2CCCC2C(C)C)c(C)s1. The van der Waals surface area contributed by atoms with Gasteiger partial charge in [0.25, 0.3) is 0 Å². The van der Waals surface area contributed by atoms with Crippen LogP contribution in [0.2, 0.25) is 0 Å². The fraction of sp³-hybridized carbons (Fsp3) is 0.765. The number of hydrogen-bond donors (Lipinski definition) is 1. The summed E-state index contributed by atoms with van der Waals surface area (Å²) in [5, 5.41) is 3.51. The van der Waals surface area contributed by atoms with Crippen molar-refractivity contribution in [3.05, 3.63) is 21.4 Å². The van der Waals surface area contributed by atoms with Gasteiger partial charge < -0.3 is 5.32 Å². The van der Waals surface area contributed by atoms with E-state index in [9.17, 15) is 0 Å². The highest BCUT2D eigenvalue weighted by atomic mass is 32.1. The highest BCUT2D eigenvalue weighted by molar-refractivity contribution is 7.12. The Balaban J connectivity index is 1.95. The van der Waals surface area contributed by atoms with Crippen LogP contribution < -0.4 is 5.32 Å². The molecule has 0 saturated carbocycles. The molecule has 2 rings (SSSR count). The molecule has 2 nitrogen and oxygen atoms in total. The molecule has 20 heavy (non-hydrogen) atoms. The molecular weight excluding hydrogens is 264 g/mol. The van der Waals surface area contributed by atoms with Crippen LogP contribution in [0, 0.1) is 12.8 Å². The van der Waals surface area contributed by atoms with Crippen LogP contribution in [0.4, 0.5) is 0 Å². The number of nitrogens with one attached hydrogen (secondary N) is 1. The molecule has 1 aromatic rings. The van der Waals surface area contributed by atoms with Crippen molar-refractivity contribution in [2.75, 3.05) is 13.1 Å². The summed E-state index contributed by atoms with van der Waals surface area (Å²) in [6.07, 6.45) is 3.96. The second-order valence-electron chi connectivity index (χ2n) is 6.39. The Labute approximate surface area is 128 Å². The fourth-order valence-corrected chi connectivity index (χ4v) is 4.27. The predicted octanol–water partition coefficient (Wildman–Crippen LogP) is 4.18. The largest absolute Gasteiger partial charge is 0.312 e. The van der Waals surface area contributed by atoms with Crippen LogP contribution in [-0.2, 0) is 13.1 Å². The molecule has 2 heterocycles. The van der Waals surface area contributed by atoms with Gasteiger partial charge in [-0.05, 0) is 56.8 Å². The van der Waals surface area contributed by atoms with Gasteiger partial charge in [-0.3, -0.25) is 4.90 Å². The second kappa shape index (κ2) is 7.58. The number of thiophene rings is 1. The first kappa shape index (κ1) is 16.0. The van der Waals surface area contributed by atoms with E-state index >= 15 is 0 Å². The minimum absolute atomic E-state index is 0.780. The third kappa shape index (κ3) is 4.06. The zero-order chi connectivity index (χ0) is 14.5. The van der Waals surface area contributed by atoms with Gasteiger partial charge in [-0.1, -0.05) is 20.8 Å². The van der Waals surface area contributed by atoms with Crippen molar-refractivity contribution in [3.63, 3.8) is 0 Å². The third-order valence-corrected chi connectivity index (χ3v) is 5.45. The highest BCUT2D eigenvalue weighted by Crippen LogP contribution is 2.29. The Morgan fingerprint density at radius 1 is 1.45 bits per heavy atom. The Morgan fingerprint density at radius 3 is 2.95 bits per heavy atom. The normalized spacial score (nSPS) is 20.1. The molecule has 0 radical (unpaired) electrons. The summed E-state index contributed by atoms with van der Waals surface area (Å²) in [4.78, 5) is 5.70. The summed E-state index contributed by atoms with van der Waals surface area (Å²) < 4.78 is 0. The van der Waals surface area contributed by atoms with Gasteiger partial charge in [0.15, 0.2) is 0 Å². The van der Waals surface area contributed by atoms with Crippen molar-refractivity contribution in [2.45, 2.75) is 66.1 Å². The van der Waals surface area contributed by atoms with E-state index in [0.717, 1.165) is 31.6 Å². The number of nitrogens with zero attached hydrogens (tertiary/aromatic N) is 1. The third-order valence-electron chi connectivity index (χ3n) is 4.35. The van der Waals surface area contributed by atoms with Gasteiger partial charge in [0.2, 0.25) is 0 Å². The van der Waals surface area contributed by atoms with Crippen LogP contribution in [-0.4, -0.2) is 24.0 Å². The molecule has 1 aromatic heterocycles. The number of aryl methyl sites for hydroxylation is 1. The minimum atomic E-state index is 0.780. The summed E-state index contributed by atoms with van der Waals surface area (Å²) in [7, 11) is 0. The van der Waals surface area contributed by atoms with Gasteiger partial charge in [-0.15, -0.1) is 11.3 Å². The average molecular weight is 295 g/mol. The van der Waals surface area contributed by atoms with Crippen molar-refractivity contribution >= 4 is 11.3 Å². The summed E-state index contributed by atoms with van der Waals surface area (Å²) in [5.74, 6) is 0.780. The summed E-state index contributed by atoms with van der Waals surface area (Å²) in [6, 6.07) is 3.22. The van der Waals surface area contributed by atoms with Crippen molar-refractivity contribution in [1.29, 1.82) is 0 Å². The maximum atomic E-state index is 3.51. The second-order valence-corrected chi connectivity index (χ2v) is 7.74. The lowest BCUT2D eigenvalue weighted by molar-refractivity contribution is 0.199. The van der Waals surface area contributed by atoms with Crippen LogP contribution in [0.25, 0.3) is 0 Å². The Kier molecular flexibility index (Phi) is 6.06. The van der Waals surface area contributed by atoms with Gasteiger partial charge in [0.05, 0.1) is 0 Å². The van der Waals surface area contributed by atoms with E-state index in [4.69, 9.17) is 0 Å². The monoisotopic (exact) mass is 294 g/mol. The lowest BCUT2D eigenvalue weighted by atomic mass is 10.0. The molecule has 1 saturated heterocycles. The molecule has 1 N–H and O–H groups in total. The van der Waals surface area contributed by atoms with Crippen molar-refractivity contribution in [2.24, 2.45) is 5.92 Å². The van der Waals surface area contributed by atoms with Gasteiger partial charge in [-0.2, -0.15) is 0 Å². The van der Waals surface area contributed by atoms with Gasteiger partial charge >= 0.3 is 0 Å². The molecule has 1 atom stereocenters. The Bertz CT molecular complexity index is 411. The summed E-state index contributed by atoms with van der Waals surface area (Å²) in [5.41, 5.74) is 1.55. The van der Waals surface area contributed by atoms with Crippen molar-refractivity contribution in [1.82, 2.24) is 10.2 Å². The molecule has 0 aromatic carbocycles. The zero-order valence-corrected chi connectivity index (χ0v) is 14.4. The molecule has 114 valence electrons. The van der Waals surface area contributed by atoms with Crippen LogP contribution in [0.15, 0.2) is 6.07 Å². The topological polar surface area (TPSA) is 15.3 Å². The maximum Gasteiger partial charge on any atom is 0.0299 e. The Morgan fingerprint density at radius 2 is 2.25 bits per heavy atom. The van der Waals surface area contributed by atoms with Crippen LogP contribution in [0.1, 0.15) is 55.4 Å². The van der Waals surface area contributed by atoms with E-state index in [1.165, 1.54) is 35.6 Å². The van der Waals surface area contributed by atoms with E-state index in [1.54, 1.807) is 5.56 Å². The average Bonchev–Trinajstić information content (AvgIpc) is 2.98. The number of rotatable bonds is 7. The fourth-order valence-electron chi connectivity index (χ4n) is 3.24. The highest BCUT2D eigenvalue weighted by Gasteiger charge is 2.27. The molecule has 0 bridgehead atoms. The van der Waals surface area contributed by atoms with E-state index in [1.807, 2.05) is 11.3 Å². The summed E-state index contributed by atoms with van der Waals surface area (Å²) >= 11 is 1.97. The lowest BCUT2D eigenvalue weighted by Crippen LogP contribution is -2.32. The van der Waals surface area contributed by atoms with Gasteiger partial charge in [0.1, 0.15) is 0 Å². The number of hydrogen-bond acceptors (Lipinski definition) is 3. The predicted molar refractivity (Wildman–Crippen MR) is 89.3 cm³/mol. The molecule has 1 aliphatic rings. The van der Waals surface area contributed by atoms with E-state index in [-0.39, 0.29) is 0 Å². The van der Waals surface area contributed by atoms with E-state index in [2.05, 4.69) is 44.0 Å². The smallest absolute Gasteiger partial charge is 0.0299 e. The van der Waals surface area contributed by atoms with Gasteiger partial charge in [-0.25, -0.2) is 0 Å². The molecule has 3 heteroatoms. The summed E-state index contributed by atoms with van der Waals surface area (Å²) in [6.45, 7) is 13.8. The van der Waals surface area contributed by atoms with Crippen molar-refractivity contribution < 1.29 is 0 Å². The molecule has 0 spiro atoms. The van der Waals surface area contributed by atoms with Crippen LogP contribution in [0.3, 0.4) is 0 Å². The molecule has 1 aliphatic heterocycles. The molecule has 1 unspecified atom stereocenters. The first-order chi connectivity index (χ1) is 9.61. The first-order valence-corrected chi connectivity index (χ1v) is 8.96. The quantitative estimate of drug-likeness (QED) is 0.759. The van der Waals surface area contributed by atoms with E-state index < -0.39 is 0 Å². The minimum Gasteiger partial charge on any atom is -0.312 e. The number of likely N-dealkylation sites (tertiary alicyclic amines) is 1. The standard InChI is InChI=1S/C17H30N2S/c1-5-8-18-11-16-10-15(14(4)20-16)12-19-9-6-7-17(19)13(2)3/h10,13,17-18H,5-9,11-12H2,1-4H3. The van der Waals surface area contributed by atoms with E-state index in [0.29, 0.717) is 0 Å². The van der Waals surface area contributed by atoms with Crippen LogP contribution >= 0.6 is 11.3 Å².